The fraction of sp³-hybridized carbons (Fsp3) is 0.846. The topological polar surface area (TPSA) is 95.9 Å². The van der Waals surface area contributed by atoms with Gasteiger partial charge in [0.05, 0.1) is 25.4 Å². The number of carbonyl (C=O) groups is 2. The first kappa shape index (κ1) is 56.1. The fourth-order valence-electron chi connectivity index (χ4n) is 7.49. The molecule has 3 N–H and O–H groups in total. The standard InChI is InChI=1S/C52H97NO5/c1-3-5-7-9-11-13-15-17-18-19-20-21-23-24-28-32-36-40-44-50(55)49(48-54)53-51(56)45-41-37-33-29-26-27-31-35-39-43-47-58-52(57)46-42-38-34-30-25-22-16-14-12-10-8-6-4-2/h8,10,14,16,40,44,49-50,54-55H,3-7,9,11-13,15,17-39,41-43,45-48H2,1-2H3,(H,53,56)/b10-8-,16-14-,44-40+. The van der Waals surface area contributed by atoms with E-state index in [1.54, 1.807) is 6.08 Å². The van der Waals surface area contributed by atoms with E-state index in [9.17, 15) is 19.8 Å². The Morgan fingerprint density at radius 3 is 1.38 bits per heavy atom. The summed E-state index contributed by atoms with van der Waals surface area (Å²) in [6, 6.07) is -0.646. The number of amides is 1. The first-order chi connectivity index (χ1) is 28.5. The van der Waals surface area contributed by atoms with Crippen LogP contribution in [0.4, 0.5) is 0 Å². The van der Waals surface area contributed by atoms with Gasteiger partial charge in [0.15, 0.2) is 0 Å². The molecule has 2 atom stereocenters. The smallest absolute Gasteiger partial charge is 0.305 e. The molecule has 0 saturated carbocycles. The zero-order valence-corrected chi connectivity index (χ0v) is 38.5. The van der Waals surface area contributed by atoms with E-state index >= 15 is 0 Å². The molecule has 0 heterocycles. The molecule has 0 spiro atoms. The molecule has 0 aliphatic rings. The van der Waals surface area contributed by atoms with Crippen molar-refractivity contribution < 1.29 is 24.5 Å². The molecule has 0 bridgehead atoms. The van der Waals surface area contributed by atoms with Crippen LogP contribution in [0.5, 0.6) is 0 Å². The Hall–Kier alpha value is -1.92. The molecule has 0 aromatic carbocycles. The van der Waals surface area contributed by atoms with Gasteiger partial charge in [-0.2, -0.15) is 0 Å². The number of hydrogen-bond acceptors (Lipinski definition) is 5. The molecule has 0 saturated heterocycles. The number of allylic oxidation sites excluding steroid dienone is 5. The number of esters is 1. The molecule has 0 rings (SSSR count). The van der Waals surface area contributed by atoms with Gasteiger partial charge in [0, 0.05) is 12.8 Å². The van der Waals surface area contributed by atoms with Crippen LogP contribution in [0.3, 0.4) is 0 Å². The van der Waals surface area contributed by atoms with Crippen molar-refractivity contribution in [3.8, 4) is 0 Å². The van der Waals surface area contributed by atoms with Crippen LogP contribution in [0.1, 0.15) is 258 Å². The lowest BCUT2D eigenvalue weighted by atomic mass is 10.0. The average molecular weight is 816 g/mol. The molecule has 58 heavy (non-hydrogen) atoms. The van der Waals surface area contributed by atoms with E-state index in [1.165, 1.54) is 161 Å². The van der Waals surface area contributed by atoms with E-state index in [-0.39, 0.29) is 18.5 Å². The third kappa shape index (κ3) is 43.7. The Morgan fingerprint density at radius 2 is 0.897 bits per heavy atom. The molecule has 0 aromatic heterocycles. The highest BCUT2D eigenvalue weighted by Crippen LogP contribution is 2.15. The van der Waals surface area contributed by atoms with Gasteiger partial charge in [0.25, 0.3) is 0 Å². The minimum Gasteiger partial charge on any atom is -0.466 e. The predicted octanol–water partition coefficient (Wildman–Crippen LogP) is 14.9. The summed E-state index contributed by atoms with van der Waals surface area (Å²) >= 11 is 0. The van der Waals surface area contributed by atoms with Crippen LogP contribution in [-0.2, 0) is 14.3 Å². The van der Waals surface area contributed by atoms with Crippen LogP contribution in [-0.4, -0.2) is 47.4 Å². The van der Waals surface area contributed by atoms with Gasteiger partial charge in [-0.15, -0.1) is 0 Å². The average Bonchev–Trinajstić information content (AvgIpc) is 3.22. The van der Waals surface area contributed by atoms with Crippen LogP contribution < -0.4 is 5.32 Å². The van der Waals surface area contributed by atoms with Crippen molar-refractivity contribution in [2.45, 2.75) is 270 Å². The molecule has 0 aliphatic carbocycles. The maximum Gasteiger partial charge on any atom is 0.305 e. The van der Waals surface area contributed by atoms with Crippen molar-refractivity contribution in [1.29, 1.82) is 0 Å². The van der Waals surface area contributed by atoms with E-state index in [0.717, 1.165) is 70.6 Å². The fourth-order valence-corrected chi connectivity index (χ4v) is 7.49. The molecule has 0 radical (unpaired) electrons. The molecular formula is C52H97NO5. The number of unbranched alkanes of at least 4 members (excludes halogenated alkanes) is 31. The molecule has 2 unspecified atom stereocenters. The SMILES string of the molecule is CCC/C=C\C/C=C\CCCCCCCC(=O)OCCCCCCCCCCCCC(=O)NC(CO)C(O)/C=C/CCCCCCCCCCCCCCCCCC. The second kappa shape index (κ2) is 47.8. The monoisotopic (exact) mass is 816 g/mol. The molecule has 6 nitrogen and oxygen atoms in total. The Morgan fingerprint density at radius 1 is 0.483 bits per heavy atom. The van der Waals surface area contributed by atoms with Crippen molar-refractivity contribution in [3.63, 3.8) is 0 Å². The number of nitrogens with one attached hydrogen (secondary N) is 1. The van der Waals surface area contributed by atoms with Gasteiger partial charge in [0.1, 0.15) is 0 Å². The molecule has 0 aliphatic heterocycles. The molecule has 6 heteroatoms. The van der Waals surface area contributed by atoms with Crippen molar-refractivity contribution in [1.82, 2.24) is 5.32 Å². The summed E-state index contributed by atoms with van der Waals surface area (Å²) in [5, 5.41) is 23.1. The highest BCUT2D eigenvalue weighted by molar-refractivity contribution is 5.76. The zero-order valence-electron chi connectivity index (χ0n) is 38.5. The van der Waals surface area contributed by atoms with Gasteiger partial charge >= 0.3 is 5.97 Å². The van der Waals surface area contributed by atoms with Crippen LogP contribution in [0.2, 0.25) is 0 Å². The summed E-state index contributed by atoms with van der Waals surface area (Å²) in [5.74, 6) is -0.128. The summed E-state index contributed by atoms with van der Waals surface area (Å²) in [6.07, 6.45) is 57.1. The van der Waals surface area contributed by atoms with Gasteiger partial charge in [0.2, 0.25) is 5.91 Å². The van der Waals surface area contributed by atoms with Crippen LogP contribution in [0.15, 0.2) is 36.5 Å². The van der Waals surface area contributed by atoms with Crippen molar-refractivity contribution in [2.24, 2.45) is 0 Å². The summed E-state index contributed by atoms with van der Waals surface area (Å²) in [7, 11) is 0. The lowest BCUT2D eigenvalue weighted by Gasteiger charge is -2.20. The molecule has 0 fully saturated rings. The second-order valence-corrected chi connectivity index (χ2v) is 17.1. The van der Waals surface area contributed by atoms with E-state index < -0.39 is 12.1 Å². The summed E-state index contributed by atoms with van der Waals surface area (Å²) in [4.78, 5) is 24.4. The van der Waals surface area contributed by atoms with Crippen LogP contribution >= 0.6 is 0 Å². The lowest BCUT2D eigenvalue weighted by molar-refractivity contribution is -0.143. The normalized spacial score (nSPS) is 13.0. The largest absolute Gasteiger partial charge is 0.466 e. The third-order valence-electron chi connectivity index (χ3n) is 11.4. The molecule has 340 valence electrons. The Kier molecular flexibility index (Phi) is 46.2. The number of hydrogen-bond donors (Lipinski definition) is 3. The van der Waals surface area contributed by atoms with Gasteiger partial charge in [-0.25, -0.2) is 0 Å². The van der Waals surface area contributed by atoms with E-state index in [1.807, 2.05) is 6.08 Å². The first-order valence-corrected chi connectivity index (χ1v) is 25.3. The second-order valence-electron chi connectivity index (χ2n) is 17.1. The maximum absolute atomic E-state index is 12.4. The molecular weight excluding hydrogens is 719 g/mol. The van der Waals surface area contributed by atoms with Gasteiger partial charge in [-0.1, -0.05) is 224 Å². The Balaban J connectivity index is 3.54. The summed E-state index contributed by atoms with van der Waals surface area (Å²) in [5.41, 5.74) is 0. The van der Waals surface area contributed by atoms with Crippen LogP contribution in [0, 0.1) is 0 Å². The Bertz CT molecular complexity index is 946. The molecule has 0 aromatic rings. The number of ether oxygens (including phenoxy) is 1. The number of aliphatic hydroxyl groups excluding tert-OH is 2. The van der Waals surface area contributed by atoms with Crippen molar-refractivity contribution in [2.75, 3.05) is 13.2 Å². The maximum atomic E-state index is 12.4. The van der Waals surface area contributed by atoms with Crippen LogP contribution in [0.25, 0.3) is 0 Å². The predicted molar refractivity (Wildman–Crippen MR) is 250 cm³/mol. The highest BCUT2D eigenvalue weighted by Gasteiger charge is 2.18. The van der Waals surface area contributed by atoms with Gasteiger partial charge in [-0.3, -0.25) is 9.59 Å². The van der Waals surface area contributed by atoms with E-state index in [2.05, 4.69) is 43.5 Å². The summed E-state index contributed by atoms with van der Waals surface area (Å²) in [6.45, 7) is 4.78. The van der Waals surface area contributed by atoms with E-state index in [0.29, 0.717) is 19.4 Å². The zero-order chi connectivity index (χ0) is 42.3. The minimum absolute atomic E-state index is 0.0365. The quantitative estimate of drug-likeness (QED) is 0.0323. The van der Waals surface area contributed by atoms with Crippen molar-refractivity contribution in [3.05, 3.63) is 36.5 Å². The van der Waals surface area contributed by atoms with Gasteiger partial charge in [-0.05, 0) is 57.8 Å². The first-order valence-electron chi connectivity index (χ1n) is 25.3. The van der Waals surface area contributed by atoms with Crippen molar-refractivity contribution >= 4 is 11.9 Å². The van der Waals surface area contributed by atoms with E-state index in [4.69, 9.17) is 4.74 Å². The Labute approximate surface area is 360 Å². The van der Waals surface area contributed by atoms with Gasteiger partial charge < -0.3 is 20.3 Å². The number of aliphatic hydroxyl groups is 2. The highest BCUT2D eigenvalue weighted by atomic mass is 16.5. The molecule has 1 amide bonds. The lowest BCUT2D eigenvalue weighted by Crippen LogP contribution is -2.45. The number of rotatable bonds is 46. The summed E-state index contributed by atoms with van der Waals surface area (Å²) < 4.78 is 5.43. The third-order valence-corrected chi connectivity index (χ3v) is 11.4. The number of carbonyl (C=O) groups excluding carboxylic acids is 2. The minimum atomic E-state index is -0.860.